The fourth-order valence-corrected chi connectivity index (χ4v) is 20.8. The van der Waals surface area contributed by atoms with Gasteiger partial charge in [0.05, 0.1) is 0 Å². The van der Waals surface area contributed by atoms with Crippen molar-refractivity contribution >= 4 is 41.0 Å². The van der Waals surface area contributed by atoms with E-state index in [4.69, 9.17) is 0 Å². The van der Waals surface area contributed by atoms with Crippen molar-refractivity contribution in [2.45, 2.75) is 72.6 Å². The SMILES string of the molecule is CCC[CH2][Sn](/[CH]=C\I)([CH2]CCC)[CH2]CCC. The standard InChI is InChI=1S/3C4H9.C2H2I.Sn/c3*1-3-4-2;1-2-3;/h3*1,3-4H2,2H3;1-2H;. The van der Waals surface area contributed by atoms with Gasteiger partial charge in [-0.2, -0.15) is 0 Å². The predicted molar refractivity (Wildman–Crippen MR) is 88.1 cm³/mol. The van der Waals surface area contributed by atoms with Gasteiger partial charge >= 0.3 is 122 Å². The first-order valence-electron chi connectivity index (χ1n) is 7.02. The van der Waals surface area contributed by atoms with Crippen molar-refractivity contribution in [3.63, 3.8) is 0 Å². The molecule has 0 aliphatic heterocycles. The van der Waals surface area contributed by atoms with E-state index in [0.717, 1.165) is 0 Å². The summed E-state index contributed by atoms with van der Waals surface area (Å²) in [7, 11) is 0. The third kappa shape index (κ3) is 7.57. The molecule has 96 valence electrons. The van der Waals surface area contributed by atoms with Gasteiger partial charge in [0.15, 0.2) is 0 Å². The molecule has 0 N–H and O–H groups in total. The second kappa shape index (κ2) is 11.4. The average Bonchev–Trinajstić information content (AvgIpc) is 2.31. The van der Waals surface area contributed by atoms with Crippen molar-refractivity contribution in [3.05, 3.63) is 8.17 Å². The molecule has 0 amide bonds. The van der Waals surface area contributed by atoms with Gasteiger partial charge in [-0.05, 0) is 0 Å². The van der Waals surface area contributed by atoms with Crippen LogP contribution in [0.4, 0.5) is 0 Å². The number of hydrogen-bond donors (Lipinski definition) is 0. The van der Waals surface area contributed by atoms with Gasteiger partial charge in [0.25, 0.3) is 0 Å². The van der Waals surface area contributed by atoms with E-state index in [1.165, 1.54) is 38.5 Å². The summed E-state index contributed by atoms with van der Waals surface area (Å²) in [5.74, 6) is 0. The third-order valence-corrected chi connectivity index (χ3v) is 19.8. The summed E-state index contributed by atoms with van der Waals surface area (Å²) in [5, 5.41) is 0. The Labute approximate surface area is 121 Å². The Hall–Kier alpha value is 1.27. The van der Waals surface area contributed by atoms with Crippen LogP contribution in [0.2, 0.25) is 13.3 Å². The van der Waals surface area contributed by atoms with Gasteiger partial charge in [0.2, 0.25) is 0 Å². The minimum absolute atomic E-state index is 1.38. The molecular formula is C14H29ISn. The molecule has 0 rings (SSSR count). The van der Waals surface area contributed by atoms with E-state index in [-0.39, 0.29) is 0 Å². The minimum atomic E-state index is -1.85. The van der Waals surface area contributed by atoms with Gasteiger partial charge in [-0.3, -0.25) is 0 Å². The van der Waals surface area contributed by atoms with Gasteiger partial charge < -0.3 is 0 Å². The zero-order valence-electron chi connectivity index (χ0n) is 11.4. The first kappa shape index (κ1) is 17.3. The fraction of sp³-hybridized carbons (Fsp3) is 0.857. The zero-order valence-corrected chi connectivity index (χ0v) is 16.4. The van der Waals surface area contributed by atoms with Crippen LogP contribution in [0.25, 0.3) is 0 Å². The van der Waals surface area contributed by atoms with Gasteiger partial charge in [0.1, 0.15) is 0 Å². The average molecular weight is 443 g/mol. The molecule has 0 aromatic heterocycles. The maximum absolute atomic E-state index is 2.70. The molecule has 0 saturated carbocycles. The molecule has 0 spiro atoms. The summed E-state index contributed by atoms with van der Waals surface area (Å²) >= 11 is 0.593. The van der Waals surface area contributed by atoms with Crippen LogP contribution in [-0.2, 0) is 0 Å². The summed E-state index contributed by atoms with van der Waals surface area (Å²) in [6.45, 7) is 7.01. The molecule has 0 aliphatic carbocycles. The molecule has 16 heavy (non-hydrogen) atoms. The molecule has 0 bridgehead atoms. The molecule has 0 unspecified atom stereocenters. The quantitative estimate of drug-likeness (QED) is 0.274. The first-order valence-corrected chi connectivity index (χ1v) is 16.0. The third-order valence-electron chi connectivity index (χ3n) is 3.50. The van der Waals surface area contributed by atoms with E-state index < -0.39 is 18.4 Å². The van der Waals surface area contributed by atoms with Crippen molar-refractivity contribution in [2.75, 3.05) is 0 Å². The summed E-state index contributed by atoms with van der Waals surface area (Å²) in [5.41, 5.74) is 0. The predicted octanol–water partition coefficient (Wildman–Crippen LogP) is 6.32. The topological polar surface area (TPSA) is 0 Å². The number of unbranched alkanes of at least 4 members (excludes halogenated alkanes) is 3. The Morgan fingerprint density at radius 2 is 1.19 bits per heavy atom. The van der Waals surface area contributed by atoms with E-state index in [9.17, 15) is 0 Å². The summed E-state index contributed by atoms with van der Waals surface area (Å²) in [6.07, 6.45) is 8.57. The van der Waals surface area contributed by atoms with Gasteiger partial charge in [0, 0.05) is 0 Å². The van der Waals surface area contributed by atoms with Gasteiger partial charge in [-0.1, -0.05) is 0 Å². The maximum atomic E-state index is 2.70. The van der Waals surface area contributed by atoms with E-state index in [1.807, 2.05) is 0 Å². The Balaban J connectivity index is 4.45. The van der Waals surface area contributed by atoms with Gasteiger partial charge in [-0.25, -0.2) is 0 Å². The second-order valence-electron chi connectivity index (χ2n) is 4.97. The zero-order chi connectivity index (χ0) is 12.3. The monoisotopic (exact) mass is 444 g/mol. The fourth-order valence-electron chi connectivity index (χ4n) is 2.35. The number of hydrogen-bond acceptors (Lipinski definition) is 0. The Bertz CT molecular complexity index is 156. The Kier molecular flexibility index (Phi) is 12.3. The number of rotatable bonds is 10. The molecule has 0 heterocycles. The summed E-state index contributed by atoms with van der Waals surface area (Å²) < 4.78 is 9.85. The molecule has 0 fully saturated rings. The van der Waals surface area contributed by atoms with E-state index >= 15 is 0 Å². The normalized spacial score (nSPS) is 12.5. The van der Waals surface area contributed by atoms with Crippen LogP contribution in [-0.4, -0.2) is 18.4 Å². The van der Waals surface area contributed by atoms with E-state index in [2.05, 4.69) is 51.5 Å². The van der Waals surface area contributed by atoms with Crippen LogP contribution in [0.1, 0.15) is 59.3 Å². The van der Waals surface area contributed by atoms with Gasteiger partial charge in [-0.15, -0.1) is 0 Å². The summed E-state index contributed by atoms with van der Waals surface area (Å²) in [6, 6.07) is 0. The van der Waals surface area contributed by atoms with Crippen LogP contribution in [0.3, 0.4) is 0 Å². The molecule has 0 radical (unpaired) electrons. The van der Waals surface area contributed by atoms with Crippen molar-refractivity contribution in [1.29, 1.82) is 0 Å². The van der Waals surface area contributed by atoms with Crippen LogP contribution >= 0.6 is 22.6 Å². The van der Waals surface area contributed by atoms with Crippen molar-refractivity contribution in [1.82, 2.24) is 0 Å². The van der Waals surface area contributed by atoms with Crippen LogP contribution in [0, 0.1) is 0 Å². The van der Waals surface area contributed by atoms with Crippen LogP contribution in [0.5, 0.6) is 0 Å². The molecule has 2 heteroatoms. The molecule has 0 atom stereocenters. The summed E-state index contributed by atoms with van der Waals surface area (Å²) in [4.78, 5) is 0. The Morgan fingerprint density at radius 1 is 0.812 bits per heavy atom. The molecule has 0 aromatic rings. The van der Waals surface area contributed by atoms with Crippen molar-refractivity contribution < 1.29 is 0 Å². The molecule has 0 saturated heterocycles. The Morgan fingerprint density at radius 3 is 1.44 bits per heavy atom. The molecule has 0 aromatic carbocycles. The van der Waals surface area contributed by atoms with E-state index in [1.54, 1.807) is 13.3 Å². The molecular weight excluding hydrogens is 414 g/mol. The second-order valence-corrected chi connectivity index (χ2v) is 18.7. The number of halogens is 1. The van der Waals surface area contributed by atoms with Crippen molar-refractivity contribution in [3.8, 4) is 0 Å². The van der Waals surface area contributed by atoms with Crippen molar-refractivity contribution in [2.24, 2.45) is 0 Å². The van der Waals surface area contributed by atoms with Crippen LogP contribution < -0.4 is 0 Å². The first-order chi connectivity index (χ1) is 7.74. The van der Waals surface area contributed by atoms with Crippen LogP contribution in [0.15, 0.2) is 8.17 Å². The molecule has 0 aliphatic rings. The molecule has 0 nitrogen and oxygen atoms in total. The van der Waals surface area contributed by atoms with E-state index in [0.29, 0.717) is 0 Å².